The number of hydrogen-bond acceptors (Lipinski definition) is 6. The average molecular weight is 646 g/mol. The summed E-state index contributed by atoms with van der Waals surface area (Å²) in [5.74, 6) is 3.14. The lowest BCUT2D eigenvalue weighted by molar-refractivity contribution is -0.136. The Bertz CT molecular complexity index is 2070. The Morgan fingerprint density at radius 2 is 1.73 bits per heavy atom. The van der Waals surface area contributed by atoms with Gasteiger partial charge in [-0.25, -0.2) is 14.8 Å². The number of aromatic amines is 2. The highest BCUT2D eigenvalue weighted by Crippen LogP contribution is 2.53. The number of nitrogens with one attached hydrogen (secondary N) is 4. The van der Waals surface area contributed by atoms with E-state index in [9.17, 15) is 9.59 Å². The van der Waals surface area contributed by atoms with Crippen LogP contribution in [0.25, 0.3) is 32.8 Å². The molecule has 5 aromatic rings. The molecule has 4 aliphatic rings. The van der Waals surface area contributed by atoms with Crippen LogP contribution >= 0.6 is 0 Å². The molecule has 2 saturated heterocycles. The summed E-state index contributed by atoms with van der Waals surface area (Å²) in [5, 5.41) is 8.96. The number of aryl methyl sites for hydroxylation is 2. The number of methoxy groups -OCH3 is 1. The van der Waals surface area contributed by atoms with Crippen molar-refractivity contribution in [2.24, 2.45) is 17.8 Å². The van der Waals surface area contributed by atoms with Crippen molar-refractivity contribution < 1.29 is 14.3 Å². The number of carbonyl (C=O) groups excluding carboxylic acids is 2. The number of piperidine rings is 2. The zero-order valence-corrected chi connectivity index (χ0v) is 27.8. The van der Waals surface area contributed by atoms with Crippen LogP contribution in [0.4, 0.5) is 4.79 Å². The molecule has 2 aliphatic heterocycles. The first-order valence-electron chi connectivity index (χ1n) is 17.7. The van der Waals surface area contributed by atoms with Crippen LogP contribution in [0.1, 0.15) is 80.8 Å². The lowest BCUT2D eigenvalue weighted by Crippen LogP contribution is -2.52. The van der Waals surface area contributed by atoms with E-state index in [1.165, 1.54) is 41.9 Å². The number of carbonyl (C=O) groups is 2. The van der Waals surface area contributed by atoms with Gasteiger partial charge in [-0.05, 0) is 97.4 Å². The van der Waals surface area contributed by atoms with E-state index in [-0.39, 0.29) is 23.9 Å². The third-order valence-corrected chi connectivity index (χ3v) is 11.4. The second kappa shape index (κ2) is 11.3. The quantitative estimate of drug-likeness (QED) is 0.158. The van der Waals surface area contributed by atoms with Crippen LogP contribution in [0, 0.1) is 17.8 Å². The lowest BCUT2D eigenvalue weighted by Gasteiger charge is -2.31. The van der Waals surface area contributed by atoms with Gasteiger partial charge in [0, 0.05) is 17.5 Å². The van der Waals surface area contributed by atoms with Gasteiger partial charge in [0.05, 0.1) is 41.3 Å². The van der Waals surface area contributed by atoms with Crippen LogP contribution in [0.15, 0.2) is 48.5 Å². The molecule has 0 spiro atoms. The molecule has 2 saturated carbocycles. The summed E-state index contributed by atoms with van der Waals surface area (Å²) < 4.78 is 4.80. The van der Waals surface area contributed by atoms with Gasteiger partial charge in [0.25, 0.3) is 0 Å². The molecule has 4 fully saturated rings. The summed E-state index contributed by atoms with van der Waals surface area (Å²) in [7, 11) is 1.32. The standard InChI is InChI=1S/C38H43N7O3/c1-19(2)33(44-38(47)48-3)37(46)45-31-17-24(31)18-32(45)36-40-26-11-7-21(15-30(26)42-36)5-4-20-6-10-25-22(14-20)8-12-27-34(25)43-35(41-27)28-13-9-23-16-29(23)39-28/h6-8,10-12,14-15,19,23-24,28-29,31-33,39H,4-5,9,13,16-18H2,1-3H3,(H,40,42)(H,41,43)(H,44,47)/t23-,24?,28-,29+,31?,32-,33-/m0/s1. The summed E-state index contributed by atoms with van der Waals surface area (Å²) in [6.07, 6.45) is 6.93. The number of fused-ring (bicyclic) bond motifs is 6. The van der Waals surface area contributed by atoms with Gasteiger partial charge in [-0.1, -0.05) is 44.2 Å². The van der Waals surface area contributed by atoms with E-state index in [1.807, 2.05) is 18.7 Å². The minimum absolute atomic E-state index is 0.0621. The van der Waals surface area contributed by atoms with Crippen molar-refractivity contribution in [3.63, 3.8) is 0 Å². The number of benzene rings is 3. The Labute approximate surface area is 279 Å². The average Bonchev–Trinajstić information content (AvgIpc) is 3.88. The van der Waals surface area contributed by atoms with Crippen molar-refractivity contribution in [1.29, 1.82) is 0 Å². The summed E-state index contributed by atoms with van der Waals surface area (Å²) >= 11 is 0. The van der Waals surface area contributed by atoms with Gasteiger partial charge in [-0.3, -0.25) is 4.79 Å². The predicted octanol–water partition coefficient (Wildman–Crippen LogP) is 6.23. The van der Waals surface area contributed by atoms with Crippen LogP contribution < -0.4 is 10.6 Å². The third kappa shape index (κ3) is 5.21. The summed E-state index contributed by atoms with van der Waals surface area (Å²) in [5.41, 5.74) is 6.61. The summed E-state index contributed by atoms with van der Waals surface area (Å²) in [6.45, 7) is 3.89. The number of rotatable bonds is 8. The Morgan fingerprint density at radius 3 is 2.54 bits per heavy atom. The number of ether oxygens (including phenoxy) is 1. The summed E-state index contributed by atoms with van der Waals surface area (Å²) in [6, 6.07) is 18.1. The second-order valence-electron chi connectivity index (χ2n) is 14.9. The molecule has 0 radical (unpaired) electrons. The maximum absolute atomic E-state index is 13.8. The zero-order chi connectivity index (χ0) is 32.7. The van der Waals surface area contributed by atoms with Crippen molar-refractivity contribution in [2.45, 2.75) is 89.0 Å². The molecule has 2 unspecified atom stereocenters. The molecule has 2 amide bonds. The van der Waals surface area contributed by atoms with E-state index in [2.05, 4.69) is 69.1 Å². The van der Waals surface area contributed by atoms with Gasteiger partial charge in [0.2, 0.25) is 5.91 Å². The Kier molecular flexibility index (Phi) is 7.00. The third-order valence-electron chi connectivity index (χ3n) is 11.4. The molecule has 2 aliphatic carbocycles. The fourth-order valence-corrected chi connectivity index (χ4v) is 8.46. The molecule has 48 heavy (non-hydrogen) atoms. The SMILES string of the molecule is COC(=O)N[C@H](C(=O)N1C2CC2C[C@H]1c1nc2ccc(CCc3ccc4c(ccc5[nH]c([C@@H]6CC[C@H]7C[C@H]7N6)nc54)c3)cc2[nH]1)C(C)C. The normalized spacial score (nSPS) is 26.5. The van der Waals surface area contributed by atoms with Crippen molar-refractivity contribution in [3.05, 3.63) is 71.3 Å². The monoisotopic (exact) mass is 645 g/mol. The zero-order valence-electron chi connectivity index (χ0n) is 27.8. The number of amides is 2. The fourth-order valence-electron chi connectivity index (χ4n) is 8.46. The van der Waals surface area contributed by atoms with Gasteiger partial charge < -0.3 is 30.2 Å². The second-order valence-corrected chi connectivity index (χ2v) is 14.9. The minimum Gasteiger partial charge on any atom is -0.453 e. The highest BCUT2D eigenvalue weighted by molar-refractivity contribution is 6.04. The highest BCUT2D eigenvalue weighted by atomic mass is 16.5. The first-order chi connectivity index (χ1) is 23.3. The van der Waals surface area contributed by atoms with Gasteiger partial charge in [-0.2, -0.15) is 0 Å². The molecule has 3 aromatic carbocycles. The number of likely N-dealkylation sites (tertiary alicyclic amines) is 1. The maximum Gasteiger partial charge on any atom is 0.407 e. The molecule has 2 aromatic heterocycles. The van der Waals surface area contributed by atoms with E-state index in [0.29, 0.717) is 18.0 Å². The molecule has 248 valence electrons. The van der Waals surface area contributed by atoms with E-state index in [0.717, 1.165) is 71.7 Å². The molecule has 4 heterocycles. The predicted molar refractivity (Wildman–Crippen MR) is 184 cm³/mol. The van der Waals surface area contributed by atoms with Gasteiger partial charge in [0.1, 0.15) is 17.7 Å². The fraction of sp³-hybridized carbons (Fsp3) is 0.474. The van der Waals surface area contributed by atoms with Crippen LogP contribution in [0.3, 0.4) is 0 Å². The topological polar surface area (TPSA) is 128 Å². The van der Waals surface area contributed by atoms with Crippen molar-refractivity contribution in [1.82, 2.24) is 35.5 Å². The van der Waals surface area contributed by atoms with Crippen LogP contribution in [-0.2, 0) is 22.4 Å². The number of imidazole rings is 2. The van der Waals surface area contributed by atoms with Crippen molar-refractivity contribution in [2.75, 3.05) is 7.11 Å². The van der Waals surface area contributed by atoms with Gasteiger partial charge in [0.15, 0.2) is 0 Å². The van der Waals surface area contributed by atoms with E-state index >= 15 is 0 Å². The number of alkyl carbamates (subject to hydrolysis) is 1. The molecular weight excluding hydrogens is 602 g/mol. The van der Waals surface area contributed by atoms with Crippen LogP contribution in [0.5, 0.6) is 0 Å². The first-order valence-corrected chi connectivity index (χ1v) is 17.7. The number of hydrogen-bond donors (Lipinski definition) is 4. The van der Waals surface area contributed by atoms with E-state index in [1.54, 1.807) is 0 Å². The van der Waals surface area contributed by atoms with E-state index < -0.39 is 12.1 Å². The first kappa shape index (κ1) is 29.7. The maximum atomic E-state index is 13.8. The van der Waals surface area contributed by atoms with Crippen LogP contribution in [-0.4, -0.2) is 62.1 Å². The van der Waals surface area contributed by atoms with Crippen LogP contribution in [0.2, 0.25) is 0 Å². The van der Waals surface area contributed by atoms with Gasteiger partial charge in [-0.15, -0.1) is 0 Å². The Morgan fingerprint density at radius 1 is 0.917 bits per heavy atom. The molecule has 10 heteroatoms. The molecule has 10 nitrogen and oxygen atoms in total. The molecule has 9 rings (SSSR count). The van der Waals surface area contributed by atoms with Crippen molar-refractivity contribution >= 4 is 44.8 Å². The molecule has 0 bridgehead atoms. The summed E-state index contributed by atoms with van der Waals surface area (Å²) in [4.78, 5) is 45.0. The largest absolute Gasteiger partial charge is 0.453 e. The smallest absolute Gasteiger partial charge is 0.407 e. The highest BCUT2D eigenvalue weighted by Gasteiger charge is 2.56. The number of nitrogens with zero attached hydrogens (tertiary/aromatic N) is 3. The van der Waals surface area contributed by atoms with E-state index in [4.69, 9.17) is 14.7 Å². The molecule has 4 N–H and O–H groups in total. The molecular formula is C38H43N7O3. The minimum atomic E-state index is -0.641. The van der Waals surface area contributed by atoms with Gasteiger partial charge >= 0.3 is 6.09 Å². The lowest BCUT2D eigenvalue weighted by atomic mass is 10.0. The Hall–Kier alpha value is -4.44. The number of H-pyrrole nitrogens is 2. The van der Waals surface area contributed by atoms with Crippen molar-refractivity contribution in [3.8, 4) is 0 Å². The number of aromatic nitrogens is 4. The molecule has 7 atom stereocenters. The Balaban J connectivity index is 0.905.